The number of hydrogen-bond acceptors (Lipinski definition) is 5. The smallest absolute Gasteiger partial charge is 0.364 e. The van der Waals surface area contributed by atoms with Crippen molar-refractivity contribution in [3.63, 3.8) is 0 Å². The van der Waals surface area contributed by atoms with Gasteiger partial charge in [-0.3, -0.25) is 4.79 Å². The minimum atomic E-state index is -6.10. The molecule has 1 saturated carbocycles. The Labute approximate surface area is 134 Å². The third kappa shape index (κ3) is 3.50. The van der Waals surface area contributed by atoms with E-state index in [9.17, 15) is 30.9 Å². The normalized spacial score (nSPS) is 29.3. The maximum absolute atomic E-state index is 13.3. The standard InChI is InChI=1S/C14H23F3O5S/c1-9-5-7-13(4,12(9,2)3)11(18)22-8-6-10(15)14(16,17)23(19,20)21/h9-10H,5-8H2,1-4H3,(H,19,20,21)/p-1. The van der Waals surface area contributed by atoms with E-state index in [2.05, 4.69) is 0 Å². The van der Waals surface area contributed by atoms with E-state index in [4.69, 9.17) is 4.74 Å². The zero-order valence-electron chi connectivity index (χ0n) is 13.6. The first kappa shape index (κ1) is 20.2. The topological polar surface area (TPSA) is 83.5 Å². The van der Waals surface area contributed by atoms with E-state index in [0.717, 1.165) is 6.42 Å². The third-order valence-electron chi connectivity index (χ3n) is 5.48. The first-order valence-corrected chi connectivity index (χ1v) is 8.73. The molecule has 9 heteroatoms. The lowest BCUT2D eigenvalue weighted by atomic mass is 9.66. The molecule has 0 heterocycles. The molecule has 1 rings (SSSR count). The van der Waals surface area contributed by atoms with Crippen molar-refractivity contribution in [3.05, 3.63) is 0 Å². The number of alkyl halides is 3. The summed E-state index contributed by atoms with van der Waals surface area (Å²) >= 11 is 0. The minimum absolute atomic E-state index is 0.254. The zero-order chi connectivity index (χ0) is 18.3. The van der Waals surface area contributed by atoms with Gasteiger partial charge in [0.05, 0.1) is 12.0 Å². The van der Waals surface area contributed by atoms with Crippen LogP contribution in [-0.2, 0) is 19.6 Å². The second-order valence-corrected chi connectivity index (χ2v) is 8.35. The second-order valence-electron chi connectivity index (χ2n) is 6.90. The molecule has 0 aromatic carbocycles. The van der Waals surface area contributed by atoms with Crippen LogP contribution in [0.25, 0.3) is 0 Å². The van der Waals surface area contributed by atoms with Crippen LogP contribution in [0.1, 0.15) is 47.0 Å². The SMILES string of the molecule is CC1CCC(C)(C(=O)OCCC(F)C(F)(F)S(=O)(=O)[O-])C1(C)C. The molecule has 0 bridgehead atoms. The van der Waals surface area contributed by atoms with Crippen molar-refractivity contribution in [2.45, 2.75) is 58.4 Å². The van der Waals surface area contributed by atoms with Gasteiger partial charge in [-0.2, -0.15) is 8.78 Å². The Morgan fingerprint density at radius 3 is 2.30 bits per heavy atom. The zero-order valence-corrected chi connectivity index (χ0v) is 14.4. The van der Waals surface area contributed by atoms with Crippen LogP contribution < -0.4 is 0 Å². The van der Waals surface area contributed by atoms with E-state index in [0.29, 0.717) is 6.42 Å². The molecular formula is C14H22F3O5S-. The van der Waals surface area contributed by atoms with Gasteiger partial charge in [-0.05, 0) is 31.1 Å². The predicted octanol–water partition coefficient (Wildman–Crippen LogP) is 2.86. The summed E-state index contributed by atoms with van der Waals surface area (Å²) in [6, 6.07) is 0. The Bertz CT molecular complexity index is 561. The summed E-state index contributed by atoms with van der Waals surface area (Å²) in [6.07, 6.45) is -2.92. The van der Waals surface area contributed by atoms with Crippen LogP contribution in [0.5, 0.6) is 0 Å². The van der Waals surface area contributed by atoms with Gasteiger partial charge in [0.2, 0.25) is 0 Å². The molecule has 1 aliphatic rings. The minimum Gasteiger partial charge on any atom is -0.743 e. The van der Waals surface area contributed by atoms with Crippen molar-refractivity contribution in [1.82, 2.24) is 0 Å². The van der Waals surface area contributed by atoms with Gasteiger partial charge in [-0.25, -0.2) is 12.8 Å². The van der Waals surface area contributed by atoms with Crippen molar-refractivity contribution in [2.24, 2.45) is 16.7 Å². The molecule has 0 radical (unpaired) electrons. The van der Waals surface area contributed by atoms with Gasteiger partial charge >= 0.3 is 11.2 Å². The first-order chi connectivity index (χ1) is 10.2. The molecule has 1 aliphatic carbocycles. The summed E-state index contributed by atoms with van der Waals surface area (Å²) in [6.45, 7) is 6.80. The highest BCUT2D eigenvalue weighted by atomic mass is 32.2. The Balaban J connectivity index is 2.65. The highest BCUT2D eigenvalue weighted by Gasteiger charge is 2.55. The van der Waals surface area contributed by atoms with Crippen LogP contribution in [0, 0.1) is 16.7 Å². The molecule has 0 amide bonds. The van der Waals surface area contributed by atoms with Crippen LogP contribution in [0.2, 0.25) is 0 Å². The quantitative estimate of drug-likeness (QED) is 0.538. The van der Waals surface area contributed by atoms with Crippen molar-refractivity contribution in [1.29, 1.82) is 0 Å². The van der Waals surface area contributed by atoms with Crippen LogP contribution in [0.3, 0.4) is 0 Å². The molecule has 5 nitrogen and oxygen atoms in total. The van der Waals surface area contributed by atoms with Gasteiger partial charge in [0, 0.05) is 6.42 Å². The maximum atomic E-state index is 13.3. The maximum Gasteiger partial charge on any atom is 0.364 e. The van der Waals surface area contributed by atoms with Crippen molar-refractivity contribution < 1.29 is 35.7 Å². The fraction of sp³-hybridized carbons (Fsp3) is 0.929. The summed E-state index contributed by atoms with van der Waals surface area (Å²) in [5.41, 5.74) is -1.20. The predicted molar refractivity (Wildman–Crippen MR) is 75.4 cm³/mol. The number of carbonyl (C=O) groups is 1. The Morgan fingerprint density at radius 2 is 1.91 bits per heavy atom. The molecule has 0 aromatic rings. The Morgan fingerprint density at radius 1 is 1.39 bits per heavy atom. The van der Waals surface area contributed by atoms with E-state index >= 15 is 0 Å². The number of carbonyl (C=O) groups excluding carboxylic acids is 1. The van der Waals surface area contributed by atoms with Gasteiger partial charge in [-0.15, -0.1) is 0 Å². The van der Waals surface area contributed by atoms with Crippen LogP contribution in [0.4, 0.5) is 13.2 Å². The molecule has 0 saturated heterocycles. The first-order valence-electron chi connectivity index (χ1n) is 7.32. The summed E-state index contributed by atoms with van der Waals surface area (Å²) in [5, 5.41) is -5.04. The molecule has 23 heavy (non-hydrogen) atoms. The van der Waals surface area contributed by atoms with E-state index in [1.807, 2.05) is 20.8 Å². The highest BCUT2D eigenvalue weighted by Crippen LogP contribution is 2.56. The molecule has 0 aromatic heterocycles. The monoisotopic (exact) mass is 359 g/mol. The van der Waals surface area contributed by atoms with Crippen molar-refractivity contribution >= 4 is 16.1 Å². The fourth-order valence-corrected chi connectivity index (χ4v) is 3.27. The number of rotatable bonds is 6. The highest BCUT2D eigenvalue weighted by molar-refractivity contribution is 7.86. The second kappa shape index (κ2) is 6.23. The lowest BCUT2D eigenvalue weighted by molar-refractivity contribution is -0.162. The van der Waals surface area contributed by atoms with Crippen molar-refractivity contribution in [3.8, 4) is 0 Å². The molecule has 3 unspecified atom stereocenters. The lowest BCUT2D eigenvalue weighted by Gasteiger charge is -2.38. The molecular weight excluding hydrogens is 337 g/mol. The van der Waals surface area contributed by atoms with E-state index < -0.39 is 46.0 Å². The average molecular weight is 359 g/mol. The molecule has 3 atom stereocenters. The molecule has 0 aliphatic heterocycles. The number of halogens is 3. The molecule has 136 valence electrons. The van der Waals surface area contributed by atoms with E-state index in [1.165, 1.54) is 0 Å². The van der Waals surface area contributed by atoms with Gasteiger partial charge in [-0.1, -0.05) is 20.8 Å². The summed E-state index contributed by atoms with van der Waals surface area (Å²) in [7, 11) is -6.10. The van der Waals surface area contributed by atoms with Crippen LogP contribution in [-0.4, -0.2) is 37.0 Å². The summed E-state index contributed by atoms with van der Waals surface area (Å²) in [4.78, 5) is 12.2. The van der Waals surface area contributed by atoms with Gasteiger partial charge in [0.25, 0.3) is 0 Å². The number of ether oxygens (including phenoxy) is 1. The average Bonchev–Trinajstić information content (AvgIpc) is 2.61. The number of esters is 1. The van der Waals surface area contributed by atoms with Gasteiger partial charge in [0.15, 0.2) is 16.3 Å². The van der Waals surface area contributed by atoms with Gasteiger partial charge in [0.1, 0.15) is 0 Å². The van der Waals surface area contributed by atoms with Gasteiger partial charge < -0.3 is 9.29 Å². The Kier molecular flexibility index (Phi) is 5.48. The molecule has 0 spiro atoms. The molecule has 0 N–H and O–H groups in total. The largest absolute Gasteiger partial charge is 0.743 e. The Hall–Kier alpha value is -0.830. The summed E-state index contributed by atoms with van der Waals surface area (Å²) < 4.78 is 75.1. The third-order valence-corrected chi connectivity index (χ3v) is 6.41. The van der Waals surface area contributed by atoms with Crippen LogP contribution in [0.15, 0.2) is 0 Å². The summed E-state index contributed by atoms with van der Waals surface area (Å²) in [5.74, 6) is -0.378. The fourth-order valence-electron chi connectivity index (χ4n) is 2.84. The van der Waals surface area contributed by atoms with Crippen LogP contribution >= 0.6 is 0 Å². The van der Waals surface area contributed by atoms with Crippen molar-refractivity contribution in [2.75, 3.05) is 6.61 Å². The molecule has 1 fully saturated rings. The van der Waals surface area contributed by atoms with E-state index in [-0.39, 0.29) is 11.3 Å². The van der Waals surface area contributed by atoms with E-state index in [1.54, 1.807) is 6.92 Å². The lowest BCUT2D eigenvalue weighted by Crippen LogP contribution is -2.42. The number of hydrogen-bond donors (Lipinski definition) is 0.